The van der Waals surface area contributed by atoms with Gasteiger partial charge in [-0.1, -0.05) is 63.4 Å². The second-order valence-electron chi connectivity index (χ2n) is 8.13. The van der Waals surface area contributed by atoms with Gasteiger partial charge in [0.2, 0.25) is 0 Å². The molecule has 3 rings (SSSR count). The van der Waals surface area contributed by atoms with E-state index in [9.17, 15) is 8.42 Å². The van der Waals surface area contributed by atoms with Gasteiger partial charge >= 0.3 is 0 Å². The molecule has 0 aromatic heterocycles. The van der Waals surface area contributed by atoms with Crippen molar-refractivity contribution in [2.45, 2.75) is 62.4 Å². The number of hydrogen-bond acceptors (Lipinski definition) is 5. The molecule has 1 aliphatic heterocycles. The molecular weight excluding hydrogens is 398 g/mol. The van der Waals surface area contributed by atoms with Crippen LogP contribution in [0.2, 0.25) is 0 Å². The zero-order valence-electron chi connectivity index (χ0n) is 18.4. The molecule has 5 nitrogen and oxygen atoms in total. The number of rotatable bonds is 8. The Balaban J connectivity index is 2.27. The van der Waals surface area contributed by atoms with Crippen molar-refractivity contribution < 1.29 is 17.9 Å². The summed E-state index contributed by atoms with van der Waals surface area (Å²) in [6.07, 6.45) is 4.54. The van der Waals surface area contributed by atoms with Gasteiger partial charge in [-0.05, 0) is 30.0 Å². The van der Waals surface area contributed by atoms with Crippen molar-refractivity contribution in [2.75, 3.05) is 20.0 Å². The van der Waals surface area contributed by atoms with Crippen LogP contribution in [0, 0.1) is 0 Å². The lowest BCUT2D eigenvalue weighted by molar-refractivity contribution is 0.282. The summed E-state index contributed by atoms with van der Waals surface area (Å²) in [4.78, 5) is 0.330. The third-order valence-corrected chi connectivity index (χ3v) is 7.91. The summed E-state index contributed by atoms with van der Waals surface area (Å²) in [6, 6.07) is 13.2. The second-order valence-corrected chi connectivity index (χ2v) is 10.1. The molecule has 6 heteroatoms. The minimum atomic E-state index is -3.54. The normalized spacial score (nSPS) is 22.7. The molecule has 1 N–H and O–H groups in total. The highest BCUT2D eigenvalue weighted by Gasteiger charge is 2.42. The maximum Gasteiger partial charge on any atom is 0.180 e. The number of sulfone groups is 1. The van der Waals surface area contributed by atoms with E-state index in [-0.39, 0.29) is 11.8 Å². The van der Waals surface area contributed by atoms with Gasteiger partial charge in [0.1, 0.15) is 0 Å². The van der Waals surface area contributed by atoms with Crippen molar-refractivity contribution in [1.29, 1.82) is 0 Å². The summed E-state index contributed by atoms with van der Waals surface area (Å²) < 4.78 is 38.3. The van der Waals surface area contributed by atoms with Gasteiger partial charge in [0.05, 0.1) is 30.9 Å². The molecule has 0 saturated carbocycles. The molecule has 1 aliphatic rings. The smallest absolute Gasteiger partial charge is 0.180 e. The topological polar surface area (TPSA) is 64.6 Å². The molecule has 30 heavy (non-hydrogen) atoms. The van der Waals surface area contributed by atoms with Crippen molar-refractivity contribution in [1.82, 2.24) is 5.32 Å². The maximum atomic E-state index is 13.7. The molecule has 0 fully saturated rings. The van der Waals surface area contributed by atoms with E-state index in [1.807, 2.05) is 36.4 Å². The third kappa shape index (κ3) is 4.49. The van der Waals surface area contributed by atoms with Gasteiger partial charge in [0, 0.05) is 11.6 Å². The van der Waals surface area contributed by atoms with Gasteiger partial charge in [0.15, 0.2) is 21.3 Å². The Morgan fingerprint density at radius 1 is 1.00 bits per heavy atom. The fraction of sp³-hybridized carbons (Fsp3) is 0.500. The molecule has 164 valence electrons. The minimum Gasteiger partial charge on any atom is -0.493 e. The first-order chi connectivity index (χ1) is 14.4. The average Bonchev–Trinajstić information content (AvgIpc) is 2.84. The van der Waals surface area contributed by atoms with E-state index >= 15 is 0 Å². The number of hydrogen-bond donors (Lipinski definition) is 1. The van der Waals surface area contributed by atoms with Crippen LogP contribution in [0.1, 0.15) is 63.1 Å². The summed E-state index contributed by atoms with van der Waals surface area (Å²) in [7, 11) is -0.432. The molecule has 0 spiro atoms. The van der Waals surface area contributed by atoms with Crippen molar-refractivity contribution in [3.63, 3.8) is 0 Å². The van der Waals surface area contributed by atoms with Gasteiger partial charge < -0.3 is 9.47 Å². The largest absolute Gasteiger partial charge is 0.493 e. The van der Waals surface area contributed by atoms with Crippen molar-refractivity contribution >= 4 is 9.84 Å². The van der Waals surface area contributed by atoms with Crippen molar-refractivity contribution in [3.05, 3.63) is 53.6 Å². The van der Waals surface area contributed by atoms with Gasteiger partial charge in [-0.2, -0.15) is 0 Å². The van der Waals surface area contributed by atoms with Crippen molar-refractivity contribution in [2.24, 2.45) is 0 Å². The molecule has 0 aliphatic carbocycles. The van der Waals surface area contributed by atoms with Crippen LogP contribution in [0.4, 0.5) is 0 Å². The van der Waals surface area contributed by atoms with Gasteiger partial charge in [-0.3, -0.25) is 5.32 Å². The van der Waals surface area contributed by atoms with Gasteiger partial charge in [0.25, 0.3) is 0 Å². The summed E-state index contributed by atoms with van der Waals surface area (Å²) >= 11 is 0. The lowest BCUT2D eigenvalue weighted by Crippen LogP contribution is -2.50. The summed E-state index contributed by atoms with van der Waals surface area (Å²) in [5, 5.41) is 3.81. The predicted molar refractivity (Wildman–Crippen MR) is 120 cm³/mol. The van der Waals surface area contributed by atoms with Crippen LogP contribution in [0.5, 0.6) is 11.5 Å². The molecule has 1 heterocycles. The molecule has 0 bridgehead atoms. The van der Waals surface area contributed by atoms with E-state index in [4.69, 9.17) is 9.47 Å². The lowest BCUT2D eigenvalue weighted by atomic mass is 9.86. The fourth-order valence-corrected chi connectivity index (χ4v) is 6.63. The number of fused-ring (bicyclic) bond motifs is 1. The number of methoxy groups -OCH3 is 2. The molecule has 2 aromatic rings. The maximum absolute atomic E-state index is 13.7. The van der Waals surface area contributed by atoms with Crippen molar-refractivity contribution in [3.8, 4) is 11.5 Å². The molecule has 2 aromatic carbocycles. The standard InChI is InChI=1S/C24H33NO4S/c1-5-7-14-24(13-6-2)17-30(26,27)22-16-21(29-4)20(28-3)15-19(22)23(25-24)18-11-9-8-10-12-18/h8-12,15-16,23,25H,5-7,13-14,17H2,1-4H3/t23-,24-/m1/s1. The van der Waals surface area contributed by atoms with Crippen LogP contribution in [0.15, 0.2) is 47.4 Å². The van der Waals surface area contributed by atoms with E-state index in [1.54, 1.807) is 13.2 Å². The number of unbranched alkanes of at least 4 members (excludes halogenated alkanes) is 1. The Labute approximate surface area is 180 Å². The number of nitrogens with one attached hydrogen (secondary N) is 1. The zero-order valence-corrected chi connectivity index (χ0v) is 19.2. The lowest BCUT2D eigenvalue weighted by Gasteiger charge is -2.36. The first-order valence-electron chi connectivity index (χ1n) is 10.7. The van der Waals surface area contributed by atoms with Gasteiger partial charge in [-0.25, -0.2) is 8.42 Å². The van der Waals surface area contributed by atoms with Gasteiger partial charge in [-0.15, -0.1) is 0 Å². The Hall–Kier alpha value is -2.05. The molecule has 2 atom stereocenters. The van der Waals surface area contributed by atoms with E-state index < -0.39 is 15.4 Å². The van der Waals surface area contributed by atoms with Crippen LogP contribution in [-0.2, 0) is 9.84 Å². The first-order valence-corrected chi connectivity index (χ1v) is 12.4. The second kappa shape index (κ2) is 9.40. The highest BCUT2D eigenvalue weighted by molar-refractivity contribution is 7.91. The minimum absolute atomic E-state index is 0.0830. The van der Waals surface area contributed by atoms with Crippen LogP contribution >= 0.6 is 0 Å². The Morgan fingerprint density at radius 3 is 2.27 bits per heavy atom. The van der Waals surface area contributed by atoms with E-state index in [0.29, 0.717) is 22.0 Å². The van der Waals surface area contributed by atoms with Crippen LogP contribution in [0.25, 0.3) is 0 Å². The Bertz CT molecular complexity index is 959. The average molecular weight is 432 g/mol. The van der Waals surface area contributed by atoms with E-state index in [2.05, 4.69) is 19.2 Å². The summed E-state index contributed by atoms with van der Waals surface area (Å²) in [5.74, 6) is 1.05. The quantitative estimate of drug-likeness (QED) is 0.644. The van der Waals surface area contributed by atoms with Crippen LogP contribution < -0.4 is 14.8 Å². The zero-order chi connectivity index (χ0) is 21.8. The first kappa shape index (κ1) is 22.6. The fourth-order valence-electron chi connectivity index (χ4n) is 4.55. The van der Waals surface area contributed by atoms with E-state index in [0.717, 1.165) is 37.7 Å². The highest BCUT2D eigenvalue weighted by Crippen LogP contribution is 2.43. The molecule has 0 saturated heterocycles. The third-order valence-electron chi connectivity index (χ3n) is 5.95. The summed E-state index contributed by atoms with van der Waals surface area (Å²) in [6.45, 7) is 4.26. The predicted octanol–water partition coefficient (Wildman–Crippen LogP) is 4.90. The Kier molecular flexibility index (Phi) is 7.09. The molecular formula is C24H33NO4S. The van der Waals surface area contributed by atoms with E-state index in [1.165, 1.54) is 7.11 Å². The number of ether oxygens (including phenoxy) is 2. The molecule has 0 amide bonds. The highest BCUT2D eigenvalue weighted by atomic mass is 32.2. The molecule has 0 radical (unpaired) electrons. The monoisotopic (exact) mass is 431 g/mol. The van der Waals surface area contributed by atoms with Crippen LogP contribution in [-0.4, -0.2) is 33.9 Å². The SMILES string of the molecule is CCCC[C@]1(CCC)CS(=O)(=O)c2cc(OC)c(OC)cc2[C@@H](c2ccccc2)N1. The number of benzene rings is 2. The van der Waals surface area contributed by atoms with Crippen LogP contribution in [0.3, 0.4) is 0 Å². The summed E-state index contributed by atoms with van der Waals surface area (Å²) in [5.41, 5.74) is 1.28. The molecule has 0 unspecified atom stereocenters. The Morgan fingerprint density at radius 2 is 1.67 bits per heavy atom.